The van der Waals surface area contributed by atoms with E-state index in [1.165, 1.54) is 30.6 Å². The number of amides is 1. The Morgan fingerprint density at radius 1 is 1.34 bits per heavy atom. The van der Waals surface area contributed by atoms with Crippen LogP contribution in [-0.4, -0.2) is 56.2 Å². The van der Waals surface area contributed by atoms with Gasteiger partial charge in [0.15, 0.2) is 0 Å². The molecule has 0 saturated carbocycles. The minimum Gasteiger partial charge on any atom is -0.496 e. The van der Waals surface area contributed by atoms with E-state index in [0.29, 0.717) is 23.5 Å². The number of carbonyl (C=O) groups is 2. The van der Waals surface area contributed by atoms with Crippen LogP contribution in [0, 0.1) is 0 Å². The minimum atomic E-state index is -0.498. The fourth-order valence-electron chi connectivity index (χ4n) is 3.21. The van der Waals surface area contributed by atoms with E-state index in [2.05, 4.69) is 10.2 Å². The Kier molecular flexibility index (Phi) is 7.35. The van der Waals surface area contributed by atoms with E-state index in [4.69, 9.17) is 26.8 Å². The van der Waals surface area contributed by atoms with Crippen molar-refractivity contribution >= 4 is 40.5 Å². The molecule has 1 fully saturated rings. The number of hydrogen-bond donors (Lipinski definition) is 2. The van der Waals surface area contributed by atoms with Crippen LogP contribution < -0.4 is 15.8 Å². The highest BCUT2D eigenvalue weighted by atomic mass is 35.5. The predicted octanol–water partition coefficient (Wildman–Crippen LogP) is 3.04. The Bertz CT molecular complexity index is 852. The molecule has 0 radical (unpaired) electrons. The number of thiophene rings is 1. The number of piperidine rings is 1. The molecule has 9 heteroatoms. The van der Waals surface area contributed by atoms with Gasteiger partial charge in [-0.05, 0) is 30.4 Å². The number of methoxy groups -OCH3 is 1. The summed E-state index contributed by atoms with van der Waals surface area (Å²) in [6.45, 7) is 2.56. The molecule has 0 unspecified atom stereocenters. The number of halogens is 1. The van der Waals surface area contributed by atoms with Gasteiger partial charge in [0.1, 0.15) is 17.9 Å². The van der Waals surface area contributed by atoms with Gasteiger partial charge in [0.2, 0.25) is 0 Å². The topological polar surface area (TPSA) is 93.9 Å². The molecular weight excluding hydrogens is 414 g/mol. The zero-order valence-electron chi connectivity index (χ0n) is 16.2. The Morgan fingerprint density at radius 2 is 2.10 bits per heavy atom. The molecule has 0 aliphatic carbocycles. The van der Waals surface area contributed by atoms with Crippen molar-refractivity contribution in [3.05, 3.63) is 45.1 Å². The first-order chi connectivity index (χ1) is 14.0. The van der Waals surface area contributed by atoms with Gasteiger partial charge in [-0.15, -0.1) is 0 Å². The number of rotatable bonds is 7. The lowest BCUT2D eigenvalue weighted by molar-refractivity contribution is 0.0440. The van der Waals surface area contributed by atoms with Gasteiger partial charge in [0.05, 0.1) is 17.8 Å². The van der Waals surface area contributed by atoms with Crippen LogP contribution in [0.3, 0.4) is 0 Å². The third kappa shape index (κ3) is 5.62. The van der Waals surface area contributed by atoms with Crippen LogP contribution in [0.15, 0.2) is 29.0 Å². The van der Waals surface area contributed by atoms with Crippen LogP contribution in [0.25, 0.3) is 0 Å². The van der Waals surface area contributed by atoms with Crippen molar-refractivity contribution in [3.8, 4) is 5.75 Å². The average Bonchev–Trinajstić information content (AvgIpc) is 3.26. The summed E-state index contributed by atoms with van der Waals surface area (Å²) in [5.74, 6) is -0.185. The standard InChI is InChI=1S/C20H24ClN3O4S/c1-27-18-11-17(22)16(21)10-15(18)20(26)28-8-7-24-5-2-14(3-6-24)23-19(25)13-4-9-29-12-13/h4,9-12,14H,2-3,5-8,22H2,1H3,(H,23,25). The number of nitrogens with two attached hydrogens (primary N) is 1. The molecule has 1 amide bonds. The molecule has 1 saturated heterocycles. The Labute approximate surface area is 178 Å². The second kappa shape index (κ2) is 9.96. The molecule has 0 spiro atoms. The van der Waals surface area contributed by atoms with Crippen LogP contribution in [0.4, 0.5) is 5.69 Å². The molecule has 0 atom stereocenters. The van der Waals surface area contributed by atoms with Gasteiger partial charge >= 0.3 is 5.97 Å². The van der Waals surface area contributed by atoms with E-state index >= 15 is 0 Å². The number of benzene rings is 1. The molecule has 0 bridgehead atoms. The lowest BCUT2D eigenvalue weighted by Crippen LogP contribution is -2.45. The molecule has 2 heterocycles. The van der Waals surface area contributed by atoms with Gasteiger partial charge < -0.3 is 20.5 Å². The summed E-state index contributed by atoms with van der Waals surface area (Å²) in [5, 5.41) is 7.11. The smallest absolute Gasteiger partial charge is 0.342 e. The van der Waals surface area contributed by atoms with Gasteiger partial charge in [-0.25, -0.2) is 4.79 Å². The van der Waals surface area contributed by atoms with Crippen molar-refractivity contribution in [1.82, 2.24) is 10.2 Å². The van der Waals surface area contributed by atoms with E-state index < -0.39 is 5.97 Å². The van der Waals surface area contributed by atoms with E-state index in [1.807, 2.05) is 16.8 Å². The molecule has 2 aromatic rings. The fourth-order valence-corrected chi connectivity index (χ4v) is 4.01. The van der Waals surface area contributed by atoms with Crippen molar-refractivity contribution in [1.29, 1.82) is 0 Å². The summed E-state index contributed by atoms with van der Waals surface area (Å²) in [6, 6.07) is 4.96. The van der Waals surface area contributed by atoms with Crippen molar-refractivity contribution in [3.63, 3.8) is 0 Å². The van der Waals surface area contributed by atoms with Gasteiger partial charge in [0.25, 0.3) is 5.91 Å². The van der Waals surface area contributed by atoms with Gasteiger partial charge in [-0.3, -0.25) is 9.69 Å². The van der Waals surface area contributed by atoms with E-state index in [0.717, 1.165) is 25.9 Å². The molecule has 29 heavy (non-hydrogen) atoms. The summed E-state index contributed by atoms with van der Waals surface area (Å²) < 4.78 is 10.6. The fraction of sp³-hybridized carbons (Fsp3) is 0.400. The van der Waals surface area contributed by atoms with Crippen molar-refractivity contribution < 1.29 is 19.1 Å². The number of nitrogens with one attached hydrogen (secondary N) is 1. The van der Waals surface area contributed by atoms with Crippen LogP contribution >= 0.6 is 22.9 Å². The molecule has 1 aliphatic rings. The summed E-state index contributed by atoms with van der Waals surface area (Å²) in [7, 11) is 1.46. The SMILES string of the molecule is COc1cc(N)c(Cl)cc1C(=O)OCCN1CCC(NC(=O)c2ccsc2)CC1. The Balaban J connectivity index is 1.41. The Morgan fingerprint density at radius 3 is 2.76 bits per heavy atom. The van der Waals surface area contributed by atoms with E-state index in [1.54, 1.807) is 0 Å². The molecule has 1 aliphatic heterocycles. The molecule has 1 aromatic heterocycles. The highest BCUT2D eigenvalue weighted by molar-refractivity contribution is 7.08. The molecule has 3 N–H and O–H groups in total. The number of esters is 1. The first-order valence-electron chi connectivity index (χ1n) is 9.33. The number of carbonyl (C=O) groups excluding carboxylic acids is 2. The highest BCUT2D eigenvalue weighted by Gasteiger charge is 2.22. The maximum Gasteiger partial charge on any atom is 0.342 e. The van der Waals surface area contributed by atoms with Crippen LogP contribution in [0.1, 0.15) is 33.6 Å². The van der Waals surface area contributed by atoms with Crippen molar-refractivity contribution in [2.45, 2.75) is 18.9 Å². The molecular formula is C20H24ClN3O4S. The number of nitrogens with zero attached hydrogens (tertiary/aromatic N) is 1. The van der Waals surface area contributed by atoms with Crippen LogP contribution in [-0.2, 0) is 4.74 Å². The maximum absolute atomic E-state index is 12.3. The highest BCUT2D eigenvalue weighted by Crippen LogP contribution is 2.29. The van der Waals surface area contributed by atoms with Crippen LogP contribution in [0.5, 0.6) is 5.75 Å². The molecule has 1 aromatic carbocycles. The molecule has 7 nitrogen and oxygen atoms in total. The quantitative estimate of drug-likeness (QED) is 0.510. The number of anilines is 1. The molecule has 156 valence electrons. The summed E-state index contributed by atoms with van der Waals surface area (Å²) in [5.41, 5.74) is 7.04. The first kappa shape index (κ1) is 21.4. The second-order valence-corrected chi connectivity index (χ2v) is 8.00. The largest absolute Gasteiger partial charge is 0.496 e. The summed E-state index contributed by atoms with van der Waals surface area (Å²) in [4.78, 5) is 26.7. The number of nitrogen functional groups attached to an aromatic ring is 1. The second-order valence-electron chi connectivity index (χ2n) is 6.81. The Hall–Kier alpha value is -2.29. The van der Waals surface area contributed by atoms with Gasteiger partial charge in [-0.1, -0.05) is 11.6 Å². The van der Waals surface area contributed by atoms with Crippen molar-refractivity contribution in [2.24, 2.45) is 0 Å². The van der Waals surface area contributed by atoms with Gasteiger partial charge in [0, 0.05) is 42.7 Å². The predicted molar refractivity (Wildman–Crippen MR) is 114 cm³/mol. The summed E-state index contributed by atoms with van der Waals surface area (Å²) >= 11 is 7.51. The monoisotopic (exact) mass is 437 g/mol. The maximum atomic E-state index is 12.3. The summed E-state index contributed by atoms with van der Waals surface area (Å²) in [6.07, 6.45) is 1.73. The van der Waals surface area contributed by atoms with Gasteiger partial charge in [-0.2, -0.15) is 11.3 Å². The normalized spacial score (nSPS) is 15.1. The van der Waals surface area contributed by atoms with Crippen LogP contribution in [0.2, 0.25) is 5.02 Å². The minimum absolute atomic E-state index is 0.0188. The third-order valence-corrected chi connectivity index (χ3v) is 5.90. The average molecular weight is 438 g/mol. The first-order valence-corrected chi connectivity index (χ1v) is 10.7. The third-order valence-electron chi connectivity index (χ3n) is 4.89. The van der Waals surface area contributed by atoms with E-state index in [-0.39, 0.29) is 29.1 Å². The zero-order valence-corrected chi connectivity index (χ0v) is 17.7. The zero-order chi connectivity index (χ0) is 20.8. The van der Waals surface area contributed by atoms with Crippen molar-refractivity contribution in [2.75, 3.05) is 39.1 Å². The van der Waals surface area contributed by atoms with E-state index in [9.17, 15) is 9.59 Å². The number of likely N-dealkylation sites (tertiary alicyclic amines) is 1. The lowest BCUT2D eigenvalue weighted by atomic mass is 10.0. The lowest BCUT2D eigenvalue weighted by Gasteiger charge is -2.32. The number of ether oxygens (including phenoxy) is 2. The molecule has 3 rings (SSSR count). The number of hydrogen-bond acceptors (Lipinski definition) is 7.